The Labute approximate surface area is 133 Å². The zero-order chi connectivity index (χ0) is 16.8. The molecule has 1 heterocycles. The minimum Gasteiger partial charge on any atom is -0.494 e. The van der Waals surface area contributed by atoms with Crippen LogP contribution in [0.4, 0.5) is 9.18 Å². The van der Waals surface area contributed by atoms with Crippen molar-refractivity contribution in [3.05, 3.63) is 29.6 Å². The molecule has 2 atom stereocenters. The number of rotatable bonds is 5. The second kappa shape index (κ2) is 5.49. The van der Waals surface area contributed by atoms with Crippen molar-refractivity contribution >= 4 is 11.9 Å². The summed E-state index contributed by atoms with van der Waals surface area (Å²) in [7, 11) is 1.35. The number of carbonyl (C=O) groups is 2. The Kier molecular flexibility index (Phi) is 3.75. The van der Waals surface area contributed by atoms with Crippen LogP contribution in [0.3, 0.4) is 0 Å². The fourth-order valence-corrected chi connectivity index (χ4v) is 2.99. The second-order valence-corrected chi connectivity index (χ2v) is 6.23. The highest BCUT2D eigenvalue weighted by molar-refractivity contribution is 6.07. The fraction of sp³-hybridized carbons (Fsp3) is 0.500. The lowest BCUT2D eigenvalue weighted by Crippen LogP contribution is -2.46. The number of halogens is 1. The number of aliphatic hydroxyl groups is 1. The number of ether oxygens (including phenoxy) is 1. The van der Waals surface area contributed by atoms with E-state index in [1.165, 1.54) is 19.2 Å². The Morgan fingerprint density at radius 2 is 2.17 bits per heavy atom. The maximum atomic E-state index is 13.7. The number of benzene rings is 1. The van der Waals surface area contributed by atoms with Crippen molar-refractivity contribution in [1.29, 1.82) is 0 Å². The van der Waals surface area contributed by atoms with Gasteiger partial charge in [0.05, 0.1) is 19.8 Å². The molecule has 6 nitrogen and oxygen atoms in total. The number of hydrogen-bond acceptors (Lipinski definition) is 4. The minimum absolute atomic E-state index is 0.0669. The SMILES string of the molecule is COc1ccc([C@H](O)CN2C(=O)N[C@](C)(C3CC3)C2=O)cc1F. The van der Waals surface area contributed by atoms with E-state index < -0.39 is 23.5 Å². The molecule has 0 bridgehead atoms. The molecule has 2 N–H and O–H groups in total. The Balaban J connectivity index is 1.75. The zero-order valence-corrected chi connectivity index (χ0v) is 13.0. The van der Waals surface area contributed by atoms with Gasteiger partial charge in [-0.15, -0.1) is 0 Å². The number of β-amino-alcohol motifs (C(OH)–C–C–N with tert-alkyl or cyclic N) is 1. The van der Waals surface area contributed by atoms with Crippen LogP contribution < -0.4 is 10.1 Å². The Morgan fingerprint density at radius 1 is 1.48 bits per heavy atom. The standard InChI is InChI=1S/C16H19FN2O4/c1-16(10-4-5-10)14(21)19(15(22)18-16)8-12(20)9-3-6-13(23-2)11(17)7-9/h3,6-7,10,12,20H,4-5,8H2,1-2H3,(H,18,22)/t12-,16-/m1/s1. The van der Waals surface area contributed by atoms with Crippen LogP contribution in [0, 0.1) is 11.7 Å². The number of nitrogens with one attached hydrogen (secondary N) is 1. The largest absolute Gasteiger partial charge is 0.494 e. The lowest BCUT2D eigenvalue weighted by molar-refractivity contribution is -0.132. The van der Waals surface area contributed by atoms with E-state index in [0.29, 0.717) is 0 Å². The molecule has 1 aliphatic heterocycles. The molecule has 0 unspecified atom stereocenters. The summed E-state index contributed by atoms with van der Waals surface area (Å²) in [5.41, 5.74) is -0.606. The highest BCUT2D eigenvalue weighted by Gasteiger charge is 2.56. The van der Waals surface area contributed by atoms with Gasteiger partial charge in [-0.2, -0.15) is 0 Å². The fourth-order valence-electron chi connectivity index (χ4n) is 2.99. The number of carbonyl (C=O) groups excluding carboxylic acids is 2. The molecule has 2 aliphatic rings. The average Bonchev–Trinajstić information content (AvgIpc) is 3.33. The Bertz CT molecular complexity index is 661. The van der Waals surface area contributed by atoms with E-state index in [-0.39, 0.29) is 29.7 Å². The topological polar surface area (TPSA) is 78.9 Å². The third-order valence-corrected chi connectivity index (χ3v) is 4.61. The molecule has 0 spiro atoms. The van der Waals surface area contributed by atoms with Crippen LogP contribution >= 0.6 is 0 Å². The third-order valence-electron chi connectivity index (χ3n) is 4.61. The number of imide groups is 1. The van der Waals surface area contributed by atoms with E-state index in [2.05, 4.69) is 5.32 Å². The summed E-state index contributed by atoms with van der Waals surface area (Å²) in [5, 5.41) is 13.0. The smallest absolute Gasteiger partial charge is 0.325 e. The summed E-state index contributed by atoms with van der Waals surface area (Å²) in [4.78, 5) is 25.6. The number of methoxy groups -OCH3 is 1. The molecule has 3 rings (SSSR count). The van der Waals surface area contributed by atoms with Crippen LogP contribution in [0.25, 0.3) is 0 Å². The Hall–Kier alpha value is -2.15. The van der Waals surface area contributed by atoms with Gasteiger partial charge in [-0.25, -0.2) is 9.18 Å². The van der Waals surface area contributed by atoms with E-state index >= 15 is 0 Å². The summed E-state index contributed by atoms with van der Waals surface area (Å²) < 4.78 is 18.5. The van der Waals surface area contributed by atoms with Gasteiger partial charge in [0.15, 0.2) is 11.6 Å². The zero-order valence-electron chi connectivity index (χ0n) is 13.0. The quantitative estimate of drug-likeness (QED) is 0.807. The predicted octanol–water partition coefficient (Wildman–Crippen LogP) is 1.59. The Morgan fingerprint density at radius 3 is 2.74 bits per heavy atom. The van der Waals surface area contributed by atoms with Crippen LogP contribution in [0.2, 0.25) is 0 Å². The van der Waals surface area contributed by atoms with Crippen molar-refractivity contribution < 1.29 is 23.8 Å². The molecule has 1 saturated carbocycles. The number of nitrogens with zero attached hydrogens (tertiary/aromatic N) is 1. The lowest BCUT2D eigenvalue weighted by atomic mass is 9.96. The normalized spacial score (nSPS) is 25.5. The molecule has 2 fully saturated rings. The van der Waals surface area contributed by atoms with Gasteiger partial charge in [-0.1, -0.05) is 6.07 Å². The van der Waals surface area contributed by atoms with Gasteiger partial charge in [0.2, 0.25) is 0 Å². The molecular formula is C16H19FN2O4. The summed E-state index contributed by atoms with van der Waals surface area (Å²) in [5.74, 6) is -0.723. The van der Waals surface area contributed by atoms with Crippen LogP contribution in [0.15, 0.2) is 18.2 Å². The van der Waals surface area contributed by atoms with E-state index in [9.17, 15) is 19.1 Å². The summed E-state index contributed by atoms with van der Waals surface area (Å²) >= 11 is 0. The van der Waals surface area contributed by atoms with Crippen molar-refractivity contribution in [3.63, 3.8) is 0 Å². The highest BCUT2D eigenvalue weighted by Crippen LogP contribution is 2.42. The summed E-state index contributed by atoms with van der Waals surface area (Å²) in [6.45, 7) is 1.50. The second-order valence-electron chi connectivity index (χ2n) is 6.23. The highest BCUT2D eigenvalue weighted by atomic mass is 19.1. The monoisotopic (exact) mass is 322 g/mol. The molecule has 1 aromatic carbocycles. The summed E-state index contributed by atoms with van der Waals surface area (Å²) in [6, 6.07) is 3.53. The molecule has 1 saturated heterocycles. The van der Waals surface area contributed by atoms with Crippen molar-refractivity contribution in [2.24, 2.45) is 5.92 Å². The minimum atomic E-state index is -1.16. The van der Waals surface area contributed by atoms with Crippen LogP contribution in [-0.2, 0) is 4.79 Å². The van der Waals surface area contributed by atoms with Gasteiger partial charge < -0.3 is 15.2 Å². The molecule has 1 aromatic rings. The predicted molar refractivity (Wildman–Crippen MR) is 79.3 cm³/mol. The first-order valence-electron chi connectivity index (χ1n) is 7.52. The van der Waals surface area contributed by atoms with Crippen LogP contribution in [-0.4, -0.2) is 41.1 Å². The lowest BCUT2D eigenvalue weighted by Gasteiger charge is -2.22. The number of urea groups is 1. The first-order chi connectivity index (χ1) is 10.9. The van der Waals surface area contributed by atoms with Crippen molar-refractivity contribution in [2.75, 3.05) is 13.7 Å². The first kappa shape index (κ1) is 15.7. The summed E-state index contributed by atoms with van der Waals surface area (Å²) in [6.07, 6.45) is 0.650. The van der Waals surface area contributed by atoms with Gasteiger partial charge in [0, 0.05) is 0 Å². The van der Waals surface area contributed by atoms with Gasteiger partial charge in [-0.05, 0) is 43.4 Å². The van der Waals surface area contributed by atoms with E-state index in [1.807, 2.05) is 0 Å². The van der Waals surface area contributed by atoms with Crippen LogP contribution in [0.5, 0.6) is 5.75 Å². The van der Waals surface area contributed by atoms with Crippen molar-refractivity contribution in [2.45, 2.75) is 31.4 Å². The van der Waals surface area contributed by atoms with Crippen molar-refractivity contribution in [3.8, 4) is 5.75 Å². The molecule has 23 heavy (non-hydrogen) atoms. The first-order valence-corrected chi connectivity index (χ1v) is 7.52. The van der Waals surface area contributed by atoms with Gasteiger partial charge >= 0.3 is 6.03 Å². The molecule has 0 radical (unpaired) electrons. The van der Waals surface area contributed by atoms with E-state index in [1.54, 1.807) is 6.92 Å². The van der Waals surface area contributed by atoms with Crippen LogP contribution in [0.1, 0.15) is 31.4 Å². The average molecular weight is 322 g/mol. The van der Waals surface area contributed by atoms with E-state index in [0.717, 1.165) is 23.8 Å². The molecule has 7 heteroatoms. The van der Waals surface area contributed by atoms with Crippen molar-refractivity contribution in [1.82, 2.24) is 10.2 Å². The molecule has 124 valence electrons. The number of aliphatic hydroxyl groups excluding tert-OH is 1. The third kappa shape index (κ3) is 2.65. The van der Waals surface area contributed by atoms with Gasteiger partial charge in [-0.3, -0.25) is 9.69 Å². The number of amides is 3. The maximum Gasteiger partial charge on any atom is 0.325 e. The maximum absolute atomic E-state index is 13.7. The molecule has 1 aliphatic carbocycles. The molecule has 3 amide bonds. The molecule has 0 aromatic heterocycles. The van der Waals surface area contributed by atoms with Gasteiger partial charge in [0.1, 0.15) is 5.54 Å². The van der Waals surface area contributed by atoms with Gasteiger partial charge in [0.25, 0.3) is 5.91 Å². The number of hydrogen-bond donors (Lipinski definition) is 2. The van der Waals surface area contributed by atoms with E-state index in [4.69, 9.17) is 4.74 Å². The molecular weight excluding hydrogens is 303 g/mol.